The molecule has 0 fully saturated rings. The molecule has 1 heterocycles. The number of nitrogens with zero attached hydrogens (tertiary/aromatic N) is 1. The number of anilines is 1. The standard InChI is InChI=1S/C14H19FN2O3/c1-17-11(8-14(18)16-5-6-19-2)9-20-13-7-10(15)3-4-12(13)17/h3-4,7,11H,5-6,8-9H2,1-2H3,(H,16,18). The monoisotopic (exact) mass is 282 g/mol. The van der Waals surface area contributed by atoms with Gasteiger partial charge in [-0.05, 0) is 12.1 Å². The van der Waals surface area contributed by atoms with Gasteiger partial charge in [0, 0.05) is 26.8 Å². The van der Waals surface area contributed by atoms with Crippen molar-refractivity contribution in [1.29, 1.82) is 0 Å². The van der Waals surface area contributed by atoms with Crippen molar-refractivity contribution in [3.8, 4) is 5.75 Å². The molecule has 1 amide bonds. The Hall–Kier alpha value is -1.82. The van der Waals surface area contributed by atoms with E-state index >= 15 is 0 Å². The minimum absolute atomic E-state index is 0.0481. The molecule has 20 heavy (non-hydrogen) atoms. The summed E-state index contributed by atoms with van der Waals surface area (Å²) in [5, 5.41) is 2.78. The Morgan fingerprint density at radius 2 is 2.40 bits per heavy atom. The van der Waals surface area contributed by atoms with E-state index < -0.39 is 0 Å². The fourth-order valence-corrected chi connectivity index (χ4v) is 2.16. The van der Waals surface area contributed by atoms with E-state index in [1.807, 2.05) is 11.9 Å². The number of halogens is 1. The van der Waals surface area contributed by atoms with Crippen LogP contribution in [0, 0.1) is 5.82 Å². The largest absolute Gasteiger partial charge is 0.489 e. The average Bonchev–Trinajstić information content (AvgIpc) is 2.42. The molecule has 2 rings (SSSR count). The van der Waals surface area contributed by atoms with Gasteiger partial charge in [-0.1, -0.05) is 0 Å². The third-order valence-electron chi connectivity index (χ3n) is 3.33. The van der Waals surface area contributed by atoms with Crippen molar-refractivity contribution in [2.24, 2.45) is 0 Å². The van der Waals surface area contributed by atoms with E-state index in [1.165, 1.54) is 12.1 Å². The highest BCUT2D eigenvalue weighted by molar-refractivity contribution is 5.77. The predicted molar refractivity (Wildman–Crippen MR) is 73.6 cm³/mol. The van der Waals surface area contributed by atoms with Crippen molar-refractivity contribution in [3.05, 3.63) is 24.0 Å². The van der Waals surface area contributed by atoms with E-state index in [1.54, 1.807) is 13.2 Å². The third kappa shape index (κ3) is 3.39. The number of methoxy groups -OCH3 is 1. The average molecular weight is 282 g/mol. The molecule has 1 aromatic rings. The molecule has 1 aliphatic heterocycles. The Kier molecular flexibility index (Phi) is 4.79. The maximum absolute atomic E-state index is 13.1. The van der Waals surface area contributed by atoms with Crippen LogP contribution >= 0.6 is 0 Å². The lowest BCUT2D eigenvalue weighted by Crippen LogP contribution is -2.44. The molecule has 0 radical (unpaired) electrons. The summed E-state index contributed by atoms with van der Waals surface area (Å²) in [5.74, 6) is 0.143. The van der Waals surface area contributed by atoms with Gasteiger partial charge in [-0.2, -0.15) is 0 Å². The summed E-state index contributed by atoms with van der Waals surface area (Å²) in [4.78, 5) is 13.7. The minimum atomic E-state index is -0.326. The van der Waals surface area contributed by atoms with E-state index in [4.69, 9.17) is 9.47 Å². The molecule has 0 aliphatic carbocycles. The van der Waals surface area contributed by atoms with Crippen LogP contribution in [-0.2, 0) is 9.53 Å². The van der Waals surface area contributed by atoms with Gasteiger partial charge in [0.25, 0.3) is 0 Å². The molecule has 0 aromatic heterocycles. The van der Waals surface area contributed by atoms with E-state index in [0.29, 0.717) is 31.9 Å². The van der Waals surface area contributed by atoms with E-state index in [9.17, 15) is 9.18 Å². The maximum atomic E-state index is 13.1. The summed E-state index contributed by atoms with van der Waals surface area (Å²) in [7, 11) is 3.47. The molecule has 5 nitrogen and oxygen atoms in total. The highest BCUT2D eigenvalue weighted by Gasteiger charge is 2.26. The number of carbonyl (C=O) groups is 1. The second-order valence-corrected chi connectivity index (χ2v) is 4.73. The van der Waals surface area contributed by atoms with Crippen LogP contribution < -0.4 is 15.0 Å². The van der Waals surface area contributed by atoms with Crippen LogP contribution in [0.2, 0.25) is 0 Å². The number of carbonyl (C=O) groups excluding carboxylic acids is 1. The summed E-state index contributed by atoms with van der Waals surface area (Å²) >= 11 is 0. The van der Waals surface area contributed by atoms with Crippen LogP contribution in [0.1, 0.15) is 6.42 Å². The summed E-state index contributed by atoms with van der Waals surface area (Å²) in [6.07, 6.45) is 0.330. The van der Waals surface area contributed by atoms with Gasteiger partial charge in [0.05, 0.1) is 24.8 Å². The first kappa shape index (κ1) is 14.6. The van der Waals surface area contributed by atoms with Crippen molar-refractivity contribution in [1.82, 2.24) is 5.32 Å². The van der Waals surface area contributed by atoms with Crippen LogP contribution in [0.4, 0.5) is 10.1 Å². The topological polar surface area (TPSA) is 50.8 Å². The first-order valence-electron chi connectivity index (χ1n) is 6.52. The Morgan fingerprint density at radius 3 is 3.15 bits per heavy atom. The van der Waals surface area contributed by atoms with Gasteiger partial charge < -0.3 is 19.7 Å². The molecule has 1 N–H and O–H groups in total. The lowest BCUT2D eigenvalue weighted by atomic mass is 10.1. The highest BCUT2D eigenvalue weighted by atomic mass is 19.1. The SMILES string of the molecule is COCCNC(=O)CC1COc2cc(F)ccc2N1C. The normalized spacial score (nSPS) is 17.4. The fraction of sp³-hybridized carbons (Fsp3) is 0.500. The summed E-state index contributed by atoms with van der Waals surface area (Å²) in [6.45, 7) is 1.35. The number of likely N-dealkylation sites (N-methyl/N-ethyl adjacent to an activating group) is 1. The quantitative estimate of drug-likeness (QED) is 0.824. The first-order valence-corrected chi connectivity index (χ1v) is 6.52. The van der Waals surface area contributed by atoms with Gasteiger partial charge in [-0.15, -0.1) is 0 Å². The van der Waals surface area contributed by atoms with E-state index in [-0.39, 0.29) is 17.8 Å². The molecule has 1 atom stereocenters. The van der Waals surface area contributed by atoms with Crippen LogP contribution in [0.3, 0.4) is 0 Å². The fourth-order valence-electron chi connectivity index (χ4n) is 2.16. The van der Waals surface area contributed by atoms with Gasteiger partial charge in [0.15, 0.2) is 0 Å². The Balaban J connectivity index is 1.95. The Morgan fingerprint density at radius 1 is 1.60 bits per heavy atom. The molecule has 1 aliphatic rings. The zero-order valence-corrected chi connectivity index (χ0v) is 11.7. The van der Waals surface area contributed by atoms with Gasteiger partial charge in [0.1, 0.15) is 18.2 Å². The lowest BCUT2D eigenvalue weighted by molar-refractivity contribution is -0.121. The molecule has 6 heteroatoms. The number of hydrogen-bond acceptors (Lipinski definition) is 4. The number of fused-ring (bicyclic) bond motifs is 1. The molecular weight excluding hydrogens is 263 g/mol. The van der Waals surface area contributed by atoms with Gasteiger partial charge in [-0.25, -0.2) is 4.39 Å². The van der Waals surface area contributed by atoms with E-state index in [2.05, 4.69) is 5.32 Å². The first-order chi connectivity index (χ1) is 9.61. The summed E-state index contributed by atoms with van der Waals surface area (Å²) < 4.78 is 23.5. The van der Waals surface area contributed by atoms with Crippen LogP contribution in [0.25, 0.3) is 0 Å². The molecule has 0 saturated heterocycles. The predicted octanol–water partition coefficient (Wildman–Crippen LogP) is 1.18. The smallest absolute Gasteiger partial charge is 0.222 e. The molecule has 1 aromatic carbocycles. The van der Waals surface area contributed by atoms with Crippen LogP contribution in [-0.4, -0.2) is 45.9 Å². The molecule has 1 unspecified atom stereocenters. The van der Waals surface area contributed by atoms with Crippen LogP contribution in [0.15, 0.2) is 18.2 Å². The van der Waals surface area contributed by atoms with Gasteiger partial charge >= 0.3 is 0 Å². The second kappa shape index (κ2) is 6.56. The molecular formula is C14H19FN2O3. The lowest BCUT2D eigenvalue weighted by Gasteiger charge is -2.35. The Labute approximate surface area is 117 Å². The van der Waals surface area contributed by atoms with E-state index in [0.717, 1.165) is 5.69 Å². The van der Waals surface area contributed by atoms with Crippen molar-refractivity contribution < 1.29 is 18.7 Å². The number of nitrogens with one attached hydrogen (secondary N) is 1. The third-order valence-corrected chi connectivity index (χ3v) is 3.33. The molecule has 0 saturated carbocycles. The van der Waals surface area contributed by atoms with Crippen molar-refractivity contribution >= 4 is 11.6 Å². The zero-order chi connectivity index (χ0) is 14.5. The minimum Gasteiger partial charge on any atom is -0.489 e. The summed E-state index contributed by atoms with van der Waals surface area (Å²) in [6, 6.07) is 4.36. The van der Waals surface area contributed by atoms with Crippen molar-refractivity contribution in [2.45, 2.75) is 12.5 Å². The molecule has 0 bridgehead atoms. The van der Waals surface area contributed by atoms with Gasteiger partial charge in [-0.3, -0.25) is 4.79 Å². The number of ether oxygens (including phenoxy) is 2. The van der Waals surface area contributed by atoms with Crippen molar-refractivity contribution in [3.63, 3.8) is 0 Å². The van der Waals surface area contributed by atoms with Crippen LogP contribution in [0.5, 0.6) is 5.75 Å². The van der Waals surface area contributed by atoms with Crippen molar-refractivity contribution in [2.75, 3.05) is 38.8 Å². The number of hydrogen-bond donors (Lipinski definition) is 1. The number of rotatable bonds is 5. The zero-order valence-electron chi connectivity index (χ0n) is 11.7. The molecule has 110 valence electrons. The molecule has 0 spiro atoms. The number of benzene rings is 1. The maximum Gasteiger partial charge on any atom is 0.222 e. The Bertz CT molecular complexity index is 481. The highest BCUT2D eigenvalue weighted by Crippen LogP contribution is 2.33. The van der Waals surface area contributed by atoms with Gasteiger partial charge in [0.2, 0.25) is 5.91 Å². The number of amides is 1. The summed E-state index contributed by atoms with van der Waals surface area (Å²) in [5.41, 5.74) is 0.798. The second-order valence-electron chi connectivity index (χ2n) is 4.73.